The van der Waals surface area contributed by atoms with Crippen molar-refractivity contribution < 1.29 is 0 Å². The lowest BCUT2D eigenvalue weighted by Crippen LogP contribution is -2.31. The van der Waals surface area contributed by atoms with Crippen LogP contribution in [0.4, 0.5) is 0 Å². The predicted molar refractivity (Wildman–Crippen MR) is 64.3 cm³/mol. The molecule has 0 atom stereocenters. The van der Waals surface area contributed by atoms with Gasteiger partial charge in [-0.3, -0.25) is 4.68 Å². The van der Waals surface area contributed by atoms with Crippen LogP contribution in [0.2, 0.25) is 5.02 Å². The van der Waals surface area contributed by atoms with Gasteiger partial charge in [-0.2, -0.15) is 5.10 Å². The highest BCUT2D eigenvalue weighted by molar-refractivity contribution is 6.31. The van der Waals surface area contributed by atoms with Gasteiger partial charge >= 0.3 is 0 Å². The van der Waals surface area contributed by atoms with Crippen LogP contribution in [0.25, 0.3) is 0 Å². The van der Waals surface area contributed by atoms with Crippen LogP contribution < -0.4 is 5.32 Å². The minimum Gasteiger partial charge on any atom is -0.312 e. The van der Waals surface area contributed by atoms with E-state index in [1.54, 1.807) is 6.20 Å². The van der Waals surface area contributed by atoms with Crippen LogP contribution in [0.5, 0.6) is 0 Å². The maximum atomic E-state index is 5.92. The molecule has 0 amide bonds. The summed E-state index contributed by atoms with van der Waals surface area (Å²) in [5.74, 6) is 0. The van der Waals surface area contributed by atoms with Crippen LogP contribution in [0.1, 0.15) is 32.4 Å². The Morgan fingerprint density at radius 2 is 2.13 bits per heavy atom. The van der Waals surface area contributed by atoms with Crippen molar-refractivity contribution in [1.29, 1.82) is 0 Å². The molecule has 0 radical (unpaired) electrons. The van der Waals surface area contributed by atoms with Gasteiger partial charge in [-0.25, -0.2) is 0 Å². The summed E-state index contributed by atoms with van der Waals surface area (Å²) in [7, 11) is 0. The average molecular weight is 230 g/mol. The normalized spacial score (nSPS) is 11.3. The molecule has 4 heteroatoms. The standard InChI is InChI=1S/C11H20ClN3/c1-4-10(5-2)13-6-7-15-9(3)11(12)8-14-15/h8,10,13H,4-7H2,1-3H3. The molecule has 0 aliphatic heterocycles. The van der Waals surface area contributed by atoms with Crippen LogP contribution in [-0.4, -0.2) is 22.4 Å². The monoisotopic (exact) mass is 229 g/mol. The highest BCUT2D eigenvalue weighted by Crippen LogP contribution is 2.12. The molecule has 86 valence electrons. The second-order valence-corrected chi connectivity index (χ2v) is 4.18. The van der Waals surface area contributed by atoms with Crippen molar-refractivity contribution in [2.45, 2.75) is 46.2 Å². The van der Waals surface area contributed by atoms with Gasteiger partial charge in [-0.15, -0.1) is 0 Å². The topological polar surface area (TPSA) is 29.9 Å². The molecule has 0 fully saturated rings. The molecule has 0 unspecified atom stereocenters. The second-order valence-electron chi connectivity index (χ2n) is 3.77. The molecule has 1 rings (SSSR count). The van der Waals surface area contributed by atoms with Crippen molar-refractivity contribution in [3.05, 3.63) is 16.9 Å². The molecular formula is C11H20ClN3. The van der Waals surface area contributed by atoms with Gasteiger partial charge in [-0.05, 0) is 19.8 Å². The molecule has 0 aliphatic carbocycles. The predicted octanol–water partition coefficient (Wildman–Crippen LogP) is 2.62. The Morgan fingerprint density at radius 3 is 2.60 bits per heavy atom. The SMILES string of the molecule is CCC(CC)NCCn1ncc(Cl)c1C. The van der Waals surface area contributed by atoms with E-state index in [-0.39, 0.29) is 0 Å². The van der Waals surface area contributed by atoms with E-state index in [4.69, 9.17) is 11.6 Å². The summed E-state index contributed by atoms with van der Waals surface area (Å²) < 4.78 is 1.94. The first-order valence-corrected chi connectivity index (χ1v) is 5.98. The van der Waals surface area contributed by atoms with Crippen molar-refractivity contribution in [2.24, 2.45) is 0 Å². The van der Waals surface area contributed by atoms with Crippen LogP contribution in [0.3, 0.4) is 0 Å². The van der Waals surface area contributed by atoms with E-state index < -0.39 is 0 Å². The zero-order valence-corrected chi connectivity index (χ0v) is 10.5. The smallest absolute Gasteiger partial charge is 0.0814 e. The van der Waals surface area contributed by atoms with E-state index in [1.807, 2.05) is 11.6 Å². The first-order chi connectivity index (χ1) is 7.19. The first kappa shape index (κ1) is 12.5. The van der Waals surface area contributed by atoms with Gasteiger partial charge in [0, 0.05) is 12.6 Å². The highest BCUT2D eigenvalue weighted by atomic mass is 35.5. The molecule has 15 heavy (non-hydrogen) atoms. The Morgan fingerprint density at radius 1 is 1.47 bits per heavy atom. The van der Waals surface area contributed by atoms with E-state index in [2.05, 4.69) is 24.3 Å². The number of hydrogen-bond acceptors (Lipinski definition) is 2. The lowest BCUT2D eigenvalue weighted by atomic mass is 10.2. The fourth-order valence-electron chi connectivity index (χ4n) is 1.60. The Hall–Kier alpha value is -0.540. The van der Waals surface area contributed by atoms with E-state index in [1.165, 1.54) is 12.8 Å². The summed E-state index contributed by atoms with van der Waals surface area (Å²) in [5.41, 5.74) is 1.04. The fourth-order valence-corrected chi connectivity index (χ4v) is 1.74. The van der Waals surface area contributed by atoms with E-state index >= 15 is 0 Å². The number of nitrogens with one attached hydrogen (secondary N) is 1. The van der Waals surface area contributed by atoms with E-state index in [0.29, 0.717) is 6.04 Å². The van der Waals surface area contributed by atoms with E-state index in [0.717, 1.165) is 23.8 Å². The number of nitrogens with zero attached hydrogens (tertiary/aromatic N) is 2. The highest BCUT2D eigenvalue weighted by Gasteiger charge is 2.05. The van der Waals surface area contributed by atoms with Crippen LogP contribution >= 0.6 is 11.6 Å². The molecule has 0 saturated heterocycles. The number of hydrogen-bond donors (Lipinski definition) is 1. The maximum absolute atomic E-state index is 5.92. The molecule has 0 aromatic carbocycles. The summed E-state index contributed by atoms with van der Waals surface area (Å²) in [6.07, 6.45) is 4.05. The zero-order chi connectivity index (χ0) is 11.3. The minimum atomic E-state index is 0.622. The number of halogens is 1. The van der Waals surface area contributed by atoms with Gasteiger partial charge < -0.3 is 5.32 Å². The Labute approximate surface area is 96.8 Å². The molecule has 1 N–H and O–H groups in total. The van der Waals surface area contributed by atoms with Gasteiger partial charge in [0.2, 0.25) is 0 Å². The van der Waals surface area contributed by atoms with Gasteiger partial charge in [0.05, 0.1) is 23.5 Å². The van der Waals surface area contributed by atoms with Crippen LogP contribution in [0, 0.1) is 6.92 Å². The molecule has 0 bridgehead atoms. The van der Waals surface area contributed by atoms with Gasteiger partial charge in [0.25, 0.3) is 0 Å². The Balaban J connectivity index is 2.34. The molecule has 1 heterocycles. The molecule has 0 aliphatic rings. The van der Waals surface area contributed by atoms with Crippen molar-refractivity contribution in [3.8, 4) is 0 Å². The lowest BCUT2D eigenvalue weighted by Gasteiger charge is -2.14. The molecule has 1 aromatic rings. The van der Waals surface area contributed by atoms with Crippen LogP contribution in [-0.2, 0) is 6.54 Å². The summed E-state index contributed by atoms with van der Waals surface area (Å²) in [5, 5.41) is 8.46. The maximum Gasteiger partial charge on any atom is 0.0814 e. The molecule has 1 aromatic heterocycles. The molecular weight excluding hydrogens is 210 g/mol. The zero-order valence-electron chi connectivity index (χ0n) is 9.76. The Kier molecular flexibility index (Phi) is 5.12. The summed E-state index contributed by atoms with van der Waals surface area (Å²) in [6.45, 7) is 8.24. The average Bonchev–Trinajstić information content (AvgIpc) is 2.56. The Bertz CT molecular complexity index is 292. The van der Waals surface area contributed by atoms with Crippen molar-refractivity contribution in [2.75, 3.05) is 6.54 Å². The van der Waals surface area contributed by atoms with Crippen molar-refractivity contribution in [3.63, 3.8) is 0 Å². The second kappa shape index (κ2) is 6.13. The third kappa shape index (κ3) is 3.50. The molecule has 0 spiro atoms. The quantitative estimate of drug-likeness (QED) is 0.813. The third-order valence-corrected chi connectivity index (χ3v) is 3.16. The summed E-state index contributed by atoms with van der Waals surface area (Å²) >= 11 is 5.92. The molecule has 3 nitrogen and oxygen atoms in total. The van der Waals surface area contributed by atoms with Gasteiger partial charge in [0.15, 0.2) is 0 Å². The number of rotatable bonds is 6. The van der Waals surface area contributed by atoms with Gasteiger partial charge in [0.1, 0.15) is 0 Å². The summed E-state index contributed by atoms with van der Waals surface area (Å²) in [6, 6.07) is 0.622. The van der Waals surface area contributed by atoms with E-state index in [9.17, 15) is 0 Å². The number of aromatic nitrogens is 2. The third-order valence-electron chi connectivity index (χ3n) is 2.79. The summed E-state index contributed by atoms with van der Waals surface area (Å²) in [4.78, 5) is 0. The largest absolute Gasteiger partial charge is 0.312 e. The minimum absolute atomic E-state index is 0.622. The van der Waals surface area contributed by atoms with Crippen molar-refractivity contribution in [1.82, 2.24) is 15.1 Å². The van der Waals surface area contributed by atoms with Crippen LogP contribution in [0.15, 0.2) is 6.20 Å². The van der Waals surface area contributed by atoms with Gasteiger partial charge in [-0.1, -0.05) is 25.4 Å². The first-order valence-electron chi connectivity index (χ1n) is 5.60. The fraction of sp³-hybridized carbons (Fsp3) is 0.727. The van der Waals surface area contributed by atoms with Crippen molar-refractivity contribution >= 4 is 11.6 Å². The lowest BCUT2D eigenvalue weighted by molar-refractivity contribution is 0.451. The molecule has 0 saturated carbocycles.